The molecule has 2 amide bonds. The highest BCUT2D eigenvalue weighted by atomic mass is 32.2. The van der Waals surface area contributed by atoms with Gasteiger partial charge in [-0.05, 0) is 24.3 Å². The molecule has 3 N–H and O–H groups in total. The van der Waals surface area contributed by atoms with Gasteiger partial charge in [-0.15, -0.1) is 0 Å². The van der Waals surface area contributed by atoms with Gasteiger partial charge in [0.05, 0.1) is 4.91 Å². The maximum atomic E-state index is 13.8. The zero-order valence-corrected chi connectivity index (χ0v) is 16.2. The van der Waals surface area contributed by atoms with Gasteiger partial charge < -0.3 is 15.5 Å². The Morgan fingerprint density at radius 3 is 2.62 bits per heavy atom. The van der Waals surface area contributed by atoms with Crippen LogP contribution in [-0.2, 0) is 9.59 Å². The van der Waals surface area contributed by atoms with Crippen LogP contribution in [0.25, 0.3) is 6.08 Å². The van der Waals surface area contributed by atoms with Crippen LogP contribution in [0.2, 0.25) is 0 Å². The third kappa shape index (κ3) is 4.61. The summed E-state index contributed by atoms with van der Waals surface area (Å²) in [7, 11) is 0. The number of thiocarbonyl (C=S) groups is 1. The van der Waals surface area contributed by atoms with Gasteiger partial charge in [0.2, 0.25) is 5.91 Å². The number of aromatic hydroxyl groups is 1. The van der Waals surface area contributed by atoms with E-state index >= 15 is 0 Å². The van der Waals surface area contributed by atoms with Crippen LogP contribution in [0.3, 0.4) is 0 Å². The summed E-state index contributed by atoms with van der Waals surface area (Å²) in [5.74, 6) is -3.42. The Hall–Kier alpha value is -3.24. The quantitative estimate of drug-likeness (QED) is 0.492. The lowest BCUT2D eigenvalue weighted by atomic mass is 10.2. The SMILES string of the molecule is O=C(CN1C(=O)C(=Cc2ccccc2F)SC1=S)Nc1ccc(C(=O)O)c(O)c1. The highest BCUT2D eigenvalue weighted by molar-refractivity contribution is 8.26. The van der Waals surface area contributed by atoms with Gasteiger partial charge in [-0.2, -0.15) is 0 Å². The molecular weight excluding hydrogens is 419 g/mol. The predicted molar refractivity (Wildman–Crippen MR) is 110 cm³/mol. The van der Waals surface area contributed by atoms with Gasteiger partial charge in [-0.3, -0.25) is 14.5 Å². The number of hydrogen-bond acceptors (Lipinski definition) is 6. The number of aromatic carboxylic acids is 1. The van der Waals surface area contributed by atoms with E-state index in [9.17, 15) is 23.9 Å². The van der Waals surface area contributed by atoms with Crippen molar-refractivity contribution in [2.75, 3.05) is 11.9 Å². The van der Waals surface area contributed by atoms with Crippen LogP contribution in [0, 0.1) is 5.82 Å². The molecule has 1 aliphatic rings. The molecule has 1 saturated heterocycles. The molecule has 1 heterocycles. The molecular formula is C19H13FN2O5S2. The van der Waals surface area contributed by atoms with Crippen molar-refractivity contribution in [2.24, 2.45) is 0 Å². The molecule has 0 aliphatic carbocycles. The molecule has 2 aromatic carbocycles. The van der Waals surface area contributed by atoms with Gasteiger partial charge in [0.15, 0.2) is 0 Å². The van der Waals surface area contributed by atoms with E-state index in [0.717, 1.165) is 28.8 Å². The van der Waals surface area contributed by atoms with Crippen molar-refractivity contribution in [3.63, 3.8) is 0 Å². The maximum absolute atomic E-state index is 13.8. The second-order valence-electron chi connectivity index (χ2n) is 5.87. The Balaban J connectivity index is 1.70. The number of anilines is 1. The minimum atomic E-state index is -1.31. The van der Waals surface area contributed by atoms with E-state index in [1.54, 1.807) is 6.07 Å². The summed E-state index contributed by atoms with van der Waals surface area (Å²) in [6.45, 7) is -0.388. The molecule has 0 spiro atoms. The minimum absolute atomic E-state index is 0.150. The normalized spacial score (nSPS) is 15.1. The number of carboxylic acid groups (broad SMARTS) is 1. The molecule has 148 valence electrons. The zero-order chi connectivity index (χ0) is 21.1. The predicted octanol–water partition coefficient (Wildman–Crippen LogP) is 3.07. The number of amides is 2. The van der Waals surface area contributed by atoms with Crippen molar-refractivity contribution in [3.8, 4) is 5.75 Å². The summed E-state index contributed by atoms with van der Waals surface area (Å²) in [4.78, 5) is 37.0. The van der Waals surface area contributed by atoms with Crippen LogP contribution in [0.1, 0.15) is 15.9 Å². The molecule has 2 aromatic rings. The van der Waals surface area contributed by atoms with Gasteiger partial charge in [-0.1, -0.05) is 42.2 Å². The third-order valence-corrected chi connectivity index (χ3v) is 5.26. The lowest BCUT2D eigenvalue weighted by molar-refractivity contribution is -0.126. The summed E-state index contributed by atoms with van der Waals surface area (Å²) < 4.78 is 13.9. The number of benzene rings is 2. The van der Waals surface area contributed by atoms with E-state index in [2.05, 4.69) is 5.32 Å². The van der Waals surface area contributed by atoms with Crippen molar-refractivity contribution in [1.82, 2.24) is 4.90 Å². The van der Waals surface area contributed by atoms with Gasteiger partial charge in [0.1, 0.15) is 28.0 Å². The average Bonchev–Trinajstić information content (AvgIpc) is 2.91. The van der Waals surface area contributed by atoms with E-state index in [1.165, 1.54) is 30.3 Å². The van der Waals surface area contributed by atoms with Gasteiger partial charge in [-0.25, -0.2) is 9.18 Å². The van der Waals surface area contributed by atoms with Crippen LogP contribution in [0.5, 0.6) is 5.75 Å². The largest absolute Gasteiger partial charge is 0.507 e. The smallest absolute Gasteiger partial charge is 0.339 e. The van der Waals surface area contributed by atoms with Crippen LogP contribution in [0.4, 0.5) is 10.1 Å². The Bertz CT molecular complexity index is 1070. The second kappa shape index (κ2) is 8.41. The lowest BCUT2D eigenvalue weighted by Crippen LogP contribution is -2.36. The number of carbonyl (C=O) groups is 3. The molecule has 7 nitrogen and oxygen atoms in total. The summed E-state index contributed by atoms with van der Waals surface area (Å²) >= 11 is 6.10. The highest BCUT2D eigenvalue weighted by Crippen LogP contribution is 2.33. The van der Waals surface area contributed by atoms with E-state index in [-0.39, 0.29) is 32.6 Å². The summed E-state index contributed by atoms with van der Waals surface area (Å²) in [5.41, 5.74) is 0.0782. The number of rotatable bonds is 5. The van der Waals surface area contributed by atoms with Crippen LogP contribution in [0.15, 0.2) is 47.4 Å². The number of nitrogens with one attached hydrogen (secondary N) is 1. The number of nitrogens with zero attached hydrogens (tertiary/aromatic N) is 1. The Kier molecular flexibility index (Phi) is 5.95. The molecule has 0 aromatic heterocycles. The molecule has 10 heteroatoms. The first-order valence-electron chi connectivity index (χ1n) is 8.12. The van der Waals surface area contributed by atoms with Crippen molar-refractivity contribution >= 4 is 57.8 Å². The van der Waals surface area contributed by atoms with Crippen LogP contribution in [-0.4, -0.2) is 43.8 Å². The molecule has 1 fully saturated rings. The van der Waals surface area contributed by atoms with Crippen molar-refractivity contribution in [1.29, 1.82) is 0 Å². The van der Waals surface area contributed by atoms with Crippen LogP contribution < -0.4 is 5.32 Å². The molecule has 29 heavy (non-hydrogen) atoms. The molecule has 0 unspecified atom stereocenters. The van der Waals surface area contributed by atoms with Crippen LogP contribution >= 0.6 is 24.0 Å². The molecule has 1 aliphatic heterocycles. The monoisotopic (exact) mass is 432 g/mol. The molecule has 0 radical (unpaired) electrons. The lowest BCUT2D eigenvalue weighted by Gasteiger charge is -2.14. The molecule has 0 saturated carbocycles. The Morgan fingerprint density at radius 2 is 1.97 bits per heavy atom. The Morgan fingerprint density at radius 1 is 1.24 bits per heavy atom. The first kappa shape index (κ1) is 20.5. The van der Waals surface area contributed by atoms with Gasteiger partial charge >= 0.3 is 5.97 Å². The number of thioether (sulfide) groups is 1. The fraction of sp³-hybridized carbons (Fsp3) is 0.0526. The maximum Gasteiger partial charge on any atom is 0.339 e. The van der Waals surface area contributed by atoms with Crippen molar-refractivity contribution in [2.45, 2.75) is 0 Å². The molecule has 0 bridgehead atoms. The van der Waals surface area contributed by atoms with E-state index < -0.39 is 29.4 Å². The third-order valence-electron chi connectivity index (χ3n) is 3.88. The molecule has 0 atom stereocenters. The highest BCUT2D eigenvalue weighted by Gasteiger charge is 2.33. The van der Waals surface area contributed by atoms with E-state index in [0.29, 0.717) is 0 Å². The number of phenols is 1. The van der Waals surface area contributed by atoms with E-state index in [1.807, 2.05) is 0 Å². The summed E-state index contributed by atoms with van der Waals surface area (Å²) in [6, 6.07) is 9.49. The summed E-state index contributed by atoms with van der Waals surface area (Å²) in [5, 5.41) is 21.0. The number of carboxylic acids is 1. The summed E-state index contributed by atoms with van der Waals surface area (Å²) in [6.07, 6.45) is 1.37. The fourth-order valence-electron chi connectivity index (χ4n) is 2.50. The fourth-order valence-corrected chi connectivity index (χ4v) is 3.75. The van der Waals surface area contributed by atoms with Crippen molar-refractivity contribution < 1.29 is 29.0 Å². The molecule has 3 rings (SSSR count). The number of halogens is 1. The topological polar surface area (TPSA) is 107 Å². The first-order chi connectivity index (χ1) is 13.8. The Labute approximate surface area is 173 Å². The second-order valence-corrected chi connectivity index (χ2v) is 7.55. The van der Waals surface area contributed by atoms with E-state index in [4.69, 9.17) is 17.3 Å². The standard InChI is InChI=1S/C19H13FN2O5S2/c20-13-4-2-1-3-10(13)7-15-17(25)22(19(28)29-15)9-16(24)21-11-5-6-12(18(26)27)14(23)8-11/h1-8,23H,9H2,(H,21,24)(H,26,27). The van der Waals surface area contributed by atoms with Crippen molar-refractivity contribution in [3.05, 3.63) is 64.3 Å². The number of hydrogen-bond donors (Lipinski definition) is 3. The van der Waals surface area contributed by atoms with Gasteiger partial charge in [0.25, 0.3) is 5.91 Å². The number of carbonyl (C=O) groups excluding carboxylic acids is 2. The first-order valence-corrected chi connectivity index (χ1v) is 9.35. The average molecular weight is 432 g/mol. The zero-order valence-electron chi connectivity index (χ0n) is 14.6. The van der Waals surface area contributed by atoms with Gasteiger partial charge in [0, 0.05) is 17.3 Å². The minimum Gasteiger partial charge on any atom is -0.507 e.